The van der Waals surface area contributed by atoms with E-state index in [2.05, 4.69) is 0 Å². The van der Waals surface area contributed by atoms with Crippen molar-refractivity contribution in [1.82, 2.24) is 9.21 Å². The van der Waals surface area contributed by atoms with Crippen LogP contribution in [0.5, 0.6) is 0 Å². The van der Waals surface area contributed by atoms with Crippen LogP contribution in [0.3, 0.4) is 0 Å². The number of benzene rings is 2. The molecular weight excluding hydrogens is 428 g/mol. The molecule has 8 heteroatoms. The molecule has 0 radical (unpaired) electrons. The van der Waals surface area contributed by atoms with E-state index in [1.54, 1.807) is 17.0 Å². The minimum Gasteiger partial charge on any atom is -0.452 e. The average Bonchev–Trinajstić information content (AvgIpc) is 2.81. The van der Waals surface area contributed by atoms with E-state index in [0.29, 0.717) is 19.6 Å². The van der Waals surface area contributed by atoms with E-state index in [-0.39, 0.29) is 22.4 Å². The summed E-state index contributed by atoms with van der Waals surface area (Å²) >= 11 is 0. The standard InChI is InChI=1S/C24H30N2O5S/c1-19(2)26(17-20-11-5-3-6-12-20)23(27)18-31-24(28)21-13-7-8-14-22(21)32(29,30)25-15-9-4-10-16-25/h3,5-8,11-14,19H,4,9-10,15-18H2,1-2H3. The number of rotatable bonds is 8. The third-order valence-electron chi connectivity index (χ3n) is 5.51. The van der Waals surface area contributed by atoms with Crippen molar-refractivity contribution in [1.29, 1.82) is 0 Å². The highest BCUT2D eigenvalue weighted by atomic mass is 32.2. The number of hydrogen-bond donors (Lipinski definition) is 0. The van der Waals surface area contributed by atoms with Crippen LogP contribution in [0.1, 0.15) is 49.0 Å². The van der Waals surface area contributed by atoms with Gasteiger partial charge in [-0.1, -0.05) is 48.9 Å². The van der Waals surface area contributed by atoms with Crippen LogP contribution in [0.25, 0.3) is 0 Å². The molecule has 1 heterocycles. The zero-order valence-corrected chi connectivity index (χ0v) is 19.4. The van der Waals surface area contributed by atoms with Gasteiger partial charge >= 0.3 is 5.97 Å². The van der Waals surface area contributed by atoms with Gasteiger partial charge in [0, 0.05) is 25.7 Å². The van der Waals surface area contributed by atoms with E-state index >= 15 is 0 Å². The topological polar surface area (TPSA) is 84.0 Å². The summed E-state index contributed by atoms with van der Waals surface area (Å²) in [4.78, 5) is 27.1. The molecule has 3 rings (SSSR count). The molecule has 0 atom stereocenters. The van der Waals surface area contributed by atoms with Crippen LogP contribution in [0, 0.1) is 0 Å². The number of sulfonamides is 1. The van der Waals surface area contributed by atoms with E-state index in [0.717, 1.165) is 24.8 Å². The molecular formula is C24H30N2O5S. The summed E-state index contributed by atoms with van der Waals surface area (Å²) in [7, 11) is -3.81. The minimum atomic E-state index is -3.81. The molecule has 1 aliphatic rings. The summed E-state index contributed by atoms with van der Waals surface area (Å²) < 4.78 is 32.9. The van der Waals surface area contributed by atoms with E-state index in [1.165, 1.54) is 16.4 Å². The zero-order chi connectivity index (χ0) is 23.1. The Bertz CT molecular complexity index is 1030. The van der Waals surface area contributed by atoms with Gasteiger partial charge < -0.3 is 9.64 Å². The molecule has 2 aromatic carbocycles. The maximum atomic E-state index is 13.1. The molecule has 0 saturated carbocycles. The summed E-state index contributed by atoms with van der Waals surface area (Å²) in [6.07, 6.45) is 2.59. The summed E-state index contributed by atoms with van der Waals surface area (Å²) in [5.41, 5.74) is 0.920. The smallest absolute Gasteiger partial charge is 0.340 e. The summed E-state index contributed by atoms with van der Waals surface area (Å²) in [5, 5.41) is 0. The average molecular weight is 459 g/mol. The monoisotopic (exact) mass is 458 g/mol. The SMILES string of the molecule is CC(C)N(Cc1ccccc1)C(=O)COC(=O)c1ccccc1S(=O)(=O)N1CCCCC1. The van der Waals surface area contributed by atoms with Crippen molar-refractivity contribution in [2.75, 3.05) is 19.7 Å². The molecule has 0 spiro atoms. The quantitative estimate of drug-likeness (QED) is 0.566. The normalized spacial score (nSPS) is 14.8. The molecule has 1 amide bonds. The fourth-order valence-corrected chi connectivity index (χ4v) is 5.43. The van der Waals surface area contributed by atoms with Gasteiger partial charge in [-0.2, -0.15) is 4.31 Å². The van der Waals surface area contributed by atoms with Crippen molar-refractivity contribution in [2.45, 2.75) is 50.6 Å². The Labute approximate surface area is 190 Å². The molecule has 0 aromatic heterocycles. The lowest BCUT2D eigenvalue weighted by Gasteiger charge is -2.27. The highest BCUT2D eigenvalue weighted by molar-refractivity contribution is 7.89. The lowest BCUT2D eigenvalue weighted by molar-refractivity contribution is -0.136. The van der Waals surface area contributed by atoms with Crippen LogP contribution < -0.4 is 0 Å². The highest BCUT2D eigenvalue weighted by Gasteiger charge is 2.30. The number of amides is 1. The van der Waals surface area contributed by atoms with Crippen LogP contribution in [0.4, 0.5) is 0 Å². The van der Waals surface area contributed by atoms with Crippen molar-refractivity contribution in [3.8, 4) is 0 Å². The Morgan fingerprint density at radius 3 is 2.25 bits per heavy atom. The number of carbonyl (C=O) groups excluding carboxylic acids is 2. The van der Waals surface area contributed by atoms with Gasteiger partial charge in [0.25, 0.3) is 5.91 Å². The van der Waals surface area contributed by atoms with E-state index in [9.17, 15) is 18.0 Å². The molecule has 1 aliphatic heterocycles. The number of esters is 1. The van der Waals surface area contributed by atoms with E-state index in [1.807, 2.05) is 44.2 Å². The number of piperidine rings is 1. The van der Waals surface area contributed by atoms with Gasteiger partial charge in [0.2, 0.25) is 10.0 Å². The largest absolute Gasteiger partial charge is 0.452 e. The molecule has 1 fully saturated rings. The lowest BCUT2D eigenvalue weighted by Crippen LogP contribution is -2.39. The third kappa shape index (κ3) is 5.75. The van der Waals surface area contributed by atoms with Crippen molar-refractivity contribution >= 4 is 21.9 Å². The molecule has 32 heavy (non-hydrogen) atoms. The fourth-order valence-electron chi connectivity index (χ4n) is 3.73. The molecule has 2 aromatic rings. The maximum absolute atomic E-state index is 13.1. The van der Waals surface area contributed by atoms with Crippen LogP contribution in [-0.2, 0) is 26.1 Å². The minimum absolute atomic E-state index is 0.0509. The lowest BCUT2D eigenvalue weighted by atomic mass is 10.2. The second kappa shape index (κ2) is 10.7. The van der Waals surface area contributed by atoms with E-state index in [4.69, 9.17) is 4.74 Å². The van der Waals surface area contributed by atoms with Gasteiger partial charge in [-0.3, -0.25) is 4.79 Å². The first-order valence-corrected chi connectivity index (χ1v) is 12.3. The van der Waals surface area contributed by atoms with Crippen LogP contribution in [0.15, 0.2) is 59.5 Å². The van der Waals surface area contributed by atoms with Crippen molar-refractivity contribution in [3.05, 3.63) is 65.7 Å². The molecule has 0 aliphatic carbocycles. The first kappa shape index (κ1) is 23.9. The van der Waals surface area contributed by atoms with Gasteiger partial charge in [-0.25, -0.2) is 13.2 Å². The molecule has 7 nitrogen and oxygen atoms in total. The summed E-state index contributed by atoms with van der Waals surface area (Å²) in [5.74, 6) is -1.16. The Hall–Kier alpha value is -2.71. The van der Waals surface area contributed by atoms with Crippen LogP contribution >= 0.6 is 0 Å². The highest BCUT2D eigenvalue weighted by Crippen LogP contribution is 2.24. The maximum Gasteiger partial charge on any atom is 0.340 e. The van der Waals surface area contributed by atoms with Crippen LogP contribution in [0.2, 0.25) is 0 Å². The van der Waals surface area contributed by atoms with Gasteiger partial charge in [0.1, 0.15) is 0 Å². The van der Waals surface area contributed by atoms with Gasteiger partial charge in [0.15, 0.2) is 6.61 Å². The number of carbonyl (C=O) groups is 2. The number of ether oxygens (including phenoxy) is 1. The Morgan fingerprint density at radius 1 is 0.969 bits per heavy atom. The second-order valence-corrected chi connectivity index (χ2v) is 10.0. The Balaban J connectivity index is 1.71. The second-order valence-electron chi connectivity index (χ2n) is 8.14. The zero-order valence-electron chi connectivity index (χ0n) is 18.6. The van der Waals surface area contributed by atoms with E-state index < -0.39 is 22.6 Å². The molecule has 1 saturated heterocycles. The fraction of sp³-hybridized carbons (Fsp3) is 0.417. The van der Waals surface area contributed by atoms with Crippen molar-refractivity contribution < 1.29 is 22.7 Å². The first-order chi connectivity index (χ1) is 15.3. The van der Waals surface area contributed by atoms with Gasteiger partial charge in [0.05, 0.1) is 10.5 Å². The predicted octanol–water partition coefficient (Wildman–Crippen LogP) is 3.46. The van der Waals surface area contributed by atoms with Gasteiger partial charge in [-0.05, 0) is 44.4 Å². The Morgan fingerprint density at radius 2 is 1.59 bits per heavy atom. The number of hydrogen-bond acceptors (Lipinski definition) is 5. The molecule has 0 unspecified atom stereocenters. The number of nitrogens with zero attached hydrogens (tertiary/aromatic N) is 2. The summed E-state index contributed by atoms with van der Waals surface area (Å²) in [6.45, 7) is 4.60. The summed E-state index contributed by atoms with van der Waals surface area (Å²) in [6, 6.07) is 15.5. The van der Waals surface area contributed by atoms with Crippen molar-refractivity contribution in [2.24, 2.45) is 0 Å². The third-order valence-corrected chi connectivity index (χ3v) is 7.46. The van der Waals surface area contributed by atoms with Crippen LogP contribution in [-0.4, -0.2) is 55.2 Å². The first-order valence-electron chi connectivity index (χ1n) is 10.9. The molecule has 0 N–H and O–H groups in total. The molecule has 172 valence electrons. The van der Waals surface area contributed by atoms with Gasteiger partial charge in [-0.15, -0.1) is 0 Å². The van der Waals surface area contributed by atoms with Crippen molar-refractivity contribution in [3.63, 3.8) is 0 Å². The predicted molar refractivity (Wildman–Crippen MR) is 121 cm³/mol. The Kier molecular flexibility index (Phi) is 8.04. The molecule has 0 bridgehead atoms.